The summed E-state index contributed by atoms with van der Waals surface area (Å²) in [5.41, 5.74) is 7.56. The van der Waals surface area contributed by atoms with Gasteiger partial charge in [0.25, 0.3) is 0 Å². The number of hydrogen-bond donors (Lipinski definition) is 1. The van der Waals surface area contributed by atoms with E-state index in [0.717, 1.165) is 18.8 Å². The van der Waals surface area contributed by atoms with Gasteiger partial charge in [-0.15, -0.1) is 0 Å². The van der Waals surface area contributed by atoms with E-state index in [-0.39, 0.29) is 0 Å². The highest BCUT2D eigenvalue weighted by atomic mass is 16.5. The molecule has 0 amide bonds. The Morgan fingerprint density at radius 3 is 2.90 bits per heavy atom. The Bertz CT molecular complexity index is 714. The molecule has 0 saturated carbocycles. The Morgan fingerprint density at radius 2 is 2.15 bits per heavy atom. The van der Waals surface area contributed by atoms with Gasteiger partial charge in [-0.05, 0) is 31.2 Å². The molecular formula is C15H18N4O. The van der Waals surface area contributed by atoms with E-state index in [1.54, 1.807) is 6.20 Å². The zero-order valence-corrected chi connectivity index (χ0v) is 11.5. The van der Waals surface area contributed by atoms with E-state index in [1.807, 2.05) is 23.9 Å². The van der Waals surface area contributed by atoms with E-state index < -0.39 is 0 Å². The summed E-state index contributed by atoms with van der Waals surface area (Å²) >= 11 is 0. The van der Waals surface area contributed by atoms with E-state index in [0.29, 0.717) is 12.3 Å². The van der Waals surface area contributed by atoms with Crippen molar-refractivity contribution in [1.82, 2.24) is 14.3 Å². The zero-order valence-electron chi connectivity index (χ0n) is 11.5. The smallest absolute Gasteiger partial charge is 0.120 e. The summed E-state index contributed by atoms with van der Waals surface area (Å²) in [5.74, 6) is 0.914. The van der Waals surface area contributed by atoms with Crippen LogP contribution in [0.3, 0.4) is 0 Å². The van der Waals surface area contributed by atoms with Gasteiger partial charge in [0.05, 0.1) is 25.0 Å². The third-order valence-corrected chi connectivity index (χ3v) is 3.28. The third-order valence-electron chi connectivity index (χ3n) is 3.28. The molecule has 2 N–H and O–H groups in total. The van der Waals surface area contributed by atoms with Crippen LogP contribution in [-0.2, 0) is 13.1 Å². The molecule has 2 aromatic heterocycles. The number of fused-ring (bicyclic) bond motifs is 1. The van der Waals surface area contributed by atoms with Crippen LogP contribution in [0.25, 0.3) is 10.9 Å². The average molecular weight is 270 g/mol. The van der Waals surface area contributed by atoms with Crippen molar-refractivity contribution in [3.8, 4) is 5.75 Å². The number of nitrogens with zero attached hydrogens (tertiary/aromatic N) is 3. The van der Waals surface area contributed by atoms with Crippen LogP contribution < -0.4 is 10.5 Å². The third kappa shape index (κ3) is 2.47. The fourth-order valence-electron chi connectivity index (χ4n) is 2.34. The van der Waals surface area contributed by atoms with Gasteiger partial charge in [0.1, 0.15) is 5.75 Å². The number of anilines is 1. The van der Waals surface area contributed by atoms with E-state index >= 15 is 0 Å². The summed E-state index contributed by atoms with van der Waals surface area (Å²) < 4.78 is 9.59. The number of hydrogen-bond acceptors (Lipinski definition) is 3. The van der Waals surface area contributed by atoms with Gasteiger partial charge in [0, 0.05) is 29.8 Å². The minimum atomic E-state index is 0.687. The lowest BCUT2D eigenvalue weighted by molar-refractivity contribution is 0.340. The normalized spacial score (nSPS) is 11.1. The van der Waals surface area contributed by atoms with Gasteiger partial charge in [0.2, 0.25) is 0 Å². The largest absolute Gasteiger partial charge is 0.494 e. The quantitative estimate of drug-likeness (QED) is 0.775. The van der Waals surface area contributed by atoms with E-state index in [9.17, 15) is 0 Å². The van der Waals surface area contributed by atoms with Crippen molar-refractivity contribution in [2.24, 2.45) is 0 Å². The molecule has 0 saturated heterocycles. The second-order valence-corrected chi connectivity index (χ2v) is 4.70. The molecule has 104 valence electrons. The predicted octanol–water partition coefficient (Wildman–Crippen LogP) is 2.52. The topological polar surface area (TPSA) is 58.0 Å². The van der Waals surface area contributed by atoms with Crippen molar-refractivity contribution in [2.75, 3.05) is 12.3 Å². The van der Waals surface area contributed by atoms with Crippen LogP contribution in [0.1, 0.15) is 6.92 Å². The minimum Gasteiger partial charge on any atom is -0.494 e. The van der Waals surface area contributed by atoms with Crippen molar-refractivity contribution in [1.29, 1.82) is 0 Å². The van der Waals surface area contributed by atoms with Crippen molar-refractivity contribution < 1.29 is 4.74 Å². The first kappa shape index (κ1) is 12.6. The van der Waals surface area contributed by atoms with Crippen LogP contribution in [0, 0.1) is 0 Å². The molecule has 0 aliphatic rings. The first-order valence-electron chi connectivity index (χ1n) is 6.76. The monoisotopic (exact) mass is 270 g/mol. The highest BCUT2D eigenvalue weighted by molar-refractivity contribution is 5.81. The number of nitrogens with two attached hydrogens (primary N) is 1. The van der Waals surface area contributed by atoms with Gasteiger partial charge < -0.3 is 15.0 Å². The van der Waals surface area contributed by atoms with Crippen LogP contribution in [0.5, 0.6) is 5.75 Å². The van der Waals surface area contributed by atoms with Crippen LogP contribution in [-0.4, -0.2) is 21.0 Å². The van der Waals surface area contributed by atoms with Crippen LogP contribution in [0.2, 0.25) is 0 Å². The predicted molar refractivity (Wildman–Crippen MR) is 79.7 cm³/mol. The Hall–Kier alpha value is -2.43. The van der Waals surface area contributed by atoms with Crippen molar-refractivity contribution in [2.45, 2.75) is 20.0 Å². The molecule has 0 unspecified atom stereocenters. The second-order valence-electron chi connectivity index (χ2n) is 4.70. The maximum atomic E-state index is 5.66. The lowest BCUT2D eigenvalue weighted by Gasteiger charge is -2.07. The van der Waals surface area contributed by atoms with Crippen molar-refractivity contribution >= 4 is 16.6 Å². The molecule has 5 heteroatoms. The summed E-state index contributed by atoms with van der Waals surface area (Å²) in [5, 5.41) is 5.38. The Morgan fingerprint density at radius 1 is 1.25 bits per heavy atom. The number of benzene rings is 1. The summed E-state index contributed by atoms with van der Waals surface area (Å²) in [7, 11) is 0. The maximum Gasteiger partial charge on any atom is 0.120 e. The Balaban J connectivity index is 1.78. The highest BCUT2D eigenvalue weighted by Crippen LogP contribution is 2.22. The molecule has 0 spiro atoms. The zero-order chi connectivity index (χ0) is 13.9. The number of aryl methyl sites for hydroxylation is 2. The lowest BCUT2D eigenvalue weighted by Crippen LogP contribution is -2.06. The molecule has 5 nitrogen and oxygen atoms in total. The Kier molecular flexibility index (Phi) is 3.33. The molecule has 2 heterocycles. The molecule has 20 heavy (non-hydrogen) atoms. The van der Waals surface area contributed by atoms with Gasteiger partial charge in [0.15, 0.2) is 0 Å². The van der Waals surface area contributed by atoms with E-state index in [2.05, 4.69) is 34.1 Å². The van der Waals surface area contributed by atoms with Gasteiger partial charge in [-0.2, -0.15) is 5.10 Å². The van der Waals surface area contributed by atoms with Crippen molar-refractivity contribution in [3.63, 3.8) is 0 Å². The molecule has 3 aromatic rings. The Labute approximate surface area is 117 Å². The number of nitrogen functional groups attached to an aromatic ring is 1. The number of rotatable bonds is 5. The van der Waals surface area contributed by atoms with E-state index in [4.69, 9.17) is 10.5 Å². The maximum absolute atomic E-state index is 5.66. The van der Waals surface area contributed by atoms with Crippen LogP contribution in [0.15, 0.2) is 42.9 Å². The SMILES string of the molecule is CCOc1ccc2c(ccn2CCn2cc(N)cn2)c1. The summed E-state index contributed by atoms with van der Waals surface area (Å²) in [6.07, 6.45) is 5.61. The van der Waals surface area contributed by atoms with E-state index in [1.165, 1.54) is 10.9 Å². The molecule has 0 bridgehead atoms. The number of ether oxygens (including phenoxy) is 1. The first-order chi connectivity index (χ1) is 9.76. The molecule has 0 atom stereocenters. The molecule has 0 aliphatic heterocycles. The first-order valence-corrected chi connectivity index (χ1v) is 6.76. The highest BCUT2D eigenvalue weighted by Gasteiger charge is 2.03. The van der Waals surface area contributed by atoms with Gasteiger partial charge in [-0.3, -0.25) is 4.68 Å². The van der Waals surface area contributed by atoms with Crippen LogP contribution >= 0.6 is 0 Å². The number of aromatic nitrogens is 3. The molecule has 0 aliphatic carbocycles. The molecular weight excluding hydrogens is 252 g/mol. The van der Waals surface area contributed by atoms with Gasteiger partial charge in [-0.25, -0.2) is 0 Å². The average Bonchev–Trinajstić information content (AvgIpc) is 3.03. The molecule has 1 aromatic carbocycles. The molecule has 0 fully saturated rings. The summed E-state index contributed by atoms with van der Waals surface area (Å²) in [6.45, 7) is 4.34. The second kappa shape index (κ2) is 5.28. The molecule has 3 rings (SSSR count). The minimum absolute atomic E-state index is 0.687. The fourth-order valence-corrected chi connectivity index (χ4v) is 2.34. The fraction of sp³-hybridized carbons (Fsp3) is 0.267. The lowest BCUT2D eigenvalue weighted by atomic mass is 10.2. The van der Waals surface area contributed by atoms with Gasteiger partial charge in [-0.1, -0.05) is 0 Å². The van der Waals surface area contributed by atoms with Crippen molar-refractivity contribution in [3.05, 3.63) is 42.9 Å². The standard InChI is InChI=1S/C15H18N4O/c1-2-20-14-3-4-15-12(9-14)5-6-18(15)7-8-19-11-13(16)10-17-19/h3-6,9-11H,2,7-8,16H2,1H3. The van der Waals surface area contributed by atoms with Crippen LogP contribution in [0.4, 0.5) is 5.69 Å². The van der Waals surface area contributed by atoms with Gasteiger partial charge >= 0.3 is 0 Å². The molecule has 0 radical (unpaired) electrons. The summed E-state index contributed by atoms with van der Waals surface area (Å²) in [4.78, 5) is 0. The summed E-state index contributed by atoms with van der Waals surface area (Å²) in [6, 6.07) is 8.28.